The number of hydrogen-bond acceptors (Lipinski definition) is 3. The van der Waals surface area contributed by atoms with Crippen LogP contribution in [-0.4, -0.2) is 15.7 Å². The molecule has 0 saturated carbocycles. The fraction of sp³-hybridized carbons (Fsp3) is 0.222. The van der Waals surface area contributed by atoms with Crippen molar-refractivity contribution in [3.8, 4) is 5.69 Å². The molecule has 3 aromatic rings. The molecule has 0 saturated heterocycles. The maximum absolute atomic E-state index is 13.2. The van der Waals surface area contributed by atoms with Crippen LogP contribution in [0, 0.1) is 5.82 Å². The van der Waals surface area contributed by atoms with Crippen molar-refractivity contribution in [1.82, 2.24) is 15.1 Å². The van der Waals surface area contributed by atoms with Crippen LogP contribution in [0.15, 0.2) is 54.2 Å². The Morgan fingerprint density at radius 3 is 3.00 bits per heavy atom. The summed E-state index contributed by atoms with van der Waals surface area (Å²) in [5.41, 5.74) is 1.54. The number of hydrogen-bond donors (Lipinski definition) is 1. The molecule has 0 radical (unpaired) electrons. The molecule has 0 spiro atoms. The second-order valence-electron chi connectivity index (χ2n) is 5.48. The lowest BCUT2D eigenvalue weighted by atomic mass is 10.2. The minimum atomic E-state index is -0.302. The number of nitrogens with one attached hydrogen (secondary N) is 1. The average Bonchev–Trinajstić information content (AvgIpc) is 3.25. The minimum absolute atomic E-state index is 0.0325. The van der Waals surface area contributed by atoms with Crippen LogP contribution in [0.2, 0.25) is 0 Å². The molecule has 124 valence electrons. The molecule has 0 bridgehead atoms. The first kappa shape index (κ1) is 16.4. The Morgan fingerprint density at radius 2 is 2.21 bits per heavy atom. The largest absolute Gasteiger partial charge is 0.352 e. The van der Waals surface area contributed by atoms with Crippen LogP contribution >= 0.6 is 11.3 Å². The second-order valence-corrected chi connectivity index (χ2v) is 6.51. The number of carbonyl (C=O) groups excluding carboxylic acids is 1. The quantitative estimate of drug-likeness (QED) is 0.711. The molecule has 0 unspecified atom stereocenters. The van der Waals surface area contributed by atoms with E-state index in [0.717, 1.165) is 18.4 Å². The zero-order valence-corrected chi connectivity index (χ0v) is 13.9. The molecule has 0 aliphatic rings. The molecule has 0 aliphatic carbocycles. The summed E-state index contributed by atoms with van der Waals surface area (Å²) >= 11 is 1.72. The maximum atomic E-state index is 13.2. The average molecular weight is 343 g/mol. The Morgan fingerprint density at radius 1 is 1.29 bits per heavy atom. The van der Waals surface area contributed by atoms with Crippen molar-refractivity contribution in [2.75, 3.05) is 0 Å². The van der Waals surface area contributed by atoms with Gasteiger partial charge in [-0.25, -0.2) is 9.07 Å². The first-order valence-corrected chi connectivity index (χ1v) is 8.67. The first-order valence-electron chi connectivity index (χ1n) is 7.79. The van der Waals surface area contributed by atoms with Crippen LogP contribution in [-0.2, 0) is 17.8 Å². The van der Waals surface area contributed by atoms with E-state index in [2.05, 4.69) is 16.5 Å². The zero-order chi connectivity index (χ0) is 16.8. The first-order chi connectivity index (χ1) is 11.7. The number of nitrogens with zero attached hydrogens (tertiary/aromatic N) is 2. The van der Waals surface area contributed by atoms with E-state index in [-0.39, 0.29) is 11.7 Å². The van der Waals surface area contributed by atoms with Crippen molar-refractivity contribution in [2.24, 2.45) is 0 Å². The lowest BCUT2D eigenvalue weighted by molar-refractivity contribution is -0.121. The SMILES string of the molecule is O=C(CCCc1cccs1)NCc1cnn(-c2cccc(F)c2)c1. The monoisotopic (exact) mass is 343 g/mol. The van der Waals surface area contributed by atoms with Crippen molar-refractivity contribution in [3.05, 3.63) is 70.4 Å². The molecule has 6 heteroatoms. The Labute approximate surface area is 143 Å². The highest BCUT2D eigenvalue weighted by Gasteiger charge is 2.05. The van der Waals surface area contributed by atoms with E-state index in [1.54, 1.807) is 40.5 Å². The van der Waals surface area contributed by atoms with Gasteiger partial charge in [0.25, 0.3) is 0 Å². The summed E-state index contributed by atoms with van der Waals surface area (Å²) in [6.45, 7) is 0.424. The summed E-state index contributed by atoms with van der Waals surface area (Å²) in [7, 11) is 0. The van der Waals surface area contributed by atoms with E-state index in [9.17, 15) is 9.18 Å². The maximum Gasteiger partial charge on any atom is 0.220 e. The Kier molecular flexibility index (Phi) is 5.38. The van der Waals surface area contributed by atoms with Gasteiger partial charge in [-0.15, -0.1) is 11.3 Å². The van der Waals surface area contributed by atoms with E-state index in [4.69, 9.17) is 0 Å². The third-order valence-electron chi connectivity index (χ3n) is 3.61. The fourth-order valence-electron chi connectivity index (χ4n) is 2.38. The number of rotatable bonds is 7. The number of aryl methyl sites for hydroxylation is 1. The highest BCUT2D eigenvalue weighted by atomic mass is 32.1. The standard InChI is InChI=1S/C18H18FN3OS/c19-15-4-1-5-16(10-15)22-13-14(12-21-22)11-20-18(23)8-2-6-17-7-3-9-24-17/h1,3-5,7,9-10,12-13H,2,6,8,11H2,(H,20,23). The molecule has 3 rings (SSSR count). The van der Waals surface area contributed by atoms with Crippen molar-refractivity contribution in [3.63, 3.8) is 0 Å². The number of thiophene rings is 1. The lowest BCUT2D eigenvalue weighted by Crippen LogP contribution is -2.22. The molecule has 1 amide bonds. The number of amides is 1. The van der Waals surface area contributed by atoms with E-state index < -0.39 is 0 Å². The van der Waals surface area contributed by atoms with Gasteiger partial charge >= 0.3 is 0 Å². The molecular weight excluding hydrogens is 325 g/mol. The van der Waals surface area contributed by atoms with Crippen molar-refractivity contribution < 1.29 is 9.18 Å². The fourth-order valence-corrected chi connectivity index (χ4v) is 3.13. The summed E-state index contributed by atoms with van der Waals surface area (Å²) in [4.78, 5) is 13.2. The highest BCUT2D eigenvalue weighted by molar-refractivity contribution is 7.09. The summed E-state index contributed by atoms with van der Waals surface area (Å²) in [5, 5.41) is 9.14. The zero-order valence-electron chi connectivity index (χ0n) is 13.1. The van der Waals surface area contributed by atoms with Gasteiger partial charge in [-0.1, -0.05) is 12.1 Å². The summed E-state index contributed by atoms with van der Waals surface area (Å²) in [5.74, 6) is -0.270. The number of halogens is 1. The molecule has 0 aliphatic heterocycles. The predicted octanol–water partition coefficient (Wildman–Crippen LogP) is 3.71. The molecule has 2 heterocycles. The molecule has 4 nitrogen and oxygen atoms in total. The Bertz CT molecular complexity index is 798. The lowest BCUT2D eigenvalue weighted by Gasteiger charge is -2.03. The minimum Gasteiger partial charge on any atom is -0.352 e. The smallest absolute Gasteiger partial charge is 0.220 e. The number of benzene rings is 1. The van der Waals surface area contributed by atoms with Gasteiger partial charge in [-0.05, 0) is 42.5 Å². The number of carbonyl (C=O) groups is 1. The van der Waals surface area contributed by atoms with Crippen molar-refractivity contribution >= 4 is 17.2 Å². The van der Waals surface area contributed by atoms with Crippen molar-refractivity contribution in [1.29, 1.82) is 0 Å². The van der Waals surface area contributed by atoms with Crippen LogP contribution in [0.5, 0.6) is 0 Å². The Hall–Kier alpha value is -2.47. The molecular formula is C18H18FN3OS. The van der Waals surface area contributed by atoms with E-state index in [1.165, 1.54) is 17.0 Å². The normalized spacial score (nSPS) is 10.7. The van der Waals surface area contributed by atoms with E-state index in [0.29, 0.717) is 18.7 Å². The van der Waals surface area contributed by atoms with Crippen LogP contribution < -0.4 is 5.32 Å². The molecule has 1 aromatic carbocycles. The van der Waals surface area contributed by atoms with Gasteiger partial charge in [0.05, 0.1) is 11.9 Å². The predicted molar refractivity (Wildman–Crippen MR) is 92.6 cm³/mol. The summed E-state index contributed by atoms with van der Waals surface area (Å²) in [6, 6.07) is 10.3. The van der Waals surface area contributed by atoms with E-state index in [1.807, 2.05) is 11.4 Å². The summed E-state index contributed by atoms with van der Waals surface area (Å²) in [6.07, 6.45) is 5.75. The topological polar surface area (TPSA) is 46.9 Å². The summed E-state index contributed by atoms with van der Waals surface area (Å²) < 4.78 is 14.8. The molecule has 0 fully saturated rings. The molecule has 2 aromatic heterocycles. The molecule has 1 N–H and O–H groups in total. The van der Waals surface area contributed by atoms with Gasteiger partial charge in [0.1, 0.15) is 5.82 Å². The third-order valence-corrected chi connectivity index (χ3v) is 4.54. The van der Waals surface area contributed by atoms with Crippen LogP contribution in [0.4, 0.5) is 4.39 Å². The van der Waals surface area contributed by atoms with Gasteiger partial charge in [0.2, 0.25) is 5.91 Å². The van der Waals surface area contributed by atoms with Crippen molar-refractivity contribution in [2.45, 2.75) is 25.8 Å². The van der Waals surface area contributed by atoms with Crippen LogP contribution in [0.3, 0.4) is 0 Å². The second kappa shape index (κ2) is 7.88. The highest BCUT2D eigenvalue weighted by Crippen LogP contribution is 2.12. The van der Waals surface area contributed by atoms with E-state index >= 15 is 0 Å². The van der Waals surface area contributed by atoms with Gasteiger partial charge < -0.3 is 5.32 Å². The van der Waals surface area contributed by atoms with Gasteiger partial charge in [-0.2, -0.15) is 5.10 Å². The molecule has 24 heavy (non-hydrogen) atoms. The van der Waals surface area contributed by atoms with Crippen LogP contribution in [0.25, 0.3) is 5.69 Å². The molecule has 0 atom stereocenters. The van der Waals surface area contributed by atoms with Crippen LogP contribution in [0.1, 0.15) is 23.3 Å². The van der Waals surface area contributed by atoms with Gasteiger partial charge in [0, 0.05) is 29.6 Å². The van der Waals surface area contributed by atoms with Gasteiger partial charge in [-0.3, -0.25) is 4.79 Å². The Balaban J connectivity index is 1.45. The number of aromatic nitrogens is 2. The van der Waals surface area contributed by atoms with Gasteiger partial charge in [0.15, 0.2) is 0 Å². The third kappa shape index (κ3) is 4.52.